The summed E-state index contributed by atoms with van der Waals surface area (Å²) in [5.74, 6) is 0.937. The maximum atomic E-state index is 11.8. The van der Waals surface area contributed by atoms with Crippen molar-refractivity contribution in [3.63, 3.8) is 0 Å². The van der Waals surface area contributed by atoms with Crippen LogP contribution in [0.2, 0.25) is 0 Å². The fourth-order valence-electron chi connectivity index (χ4n) is 2.07. The van der Waals surface area contributed by atoms with Crippen LogP contribution in [0.1, 0.15) is 11.3 Å². The molecule has 116 valence electrons. The van der Waals surface area contributed by atoms with Gasteiger partial charge in [0.25, 0.3) is 0 Å². The van der Waals surface area contributed by atoms with Crippen LogP contribution in [0.25, 0.3) is 17.0 Å². The first-order valence-electron chi connectivity index (χ1n) is 6.62. The van der Waals surface area contributed by atoms with Crippen molar-refractivity contribution in [3.8, 4) is 17.1 Å². The molecular formula is C16H18N2O4. The third kappa shape index (κ3) is 3.11. The van der Waals surface area contributed by atoms with Crippen LogP contribution in [-0.2, 0) is 14.3 Å². The lowest BCUT2D eigenvalue weighted by atomic mass is 10.1. The second-order valence-corrected chi connectivity index (χ2v) is 4.59. The van der Waals surface area contributed by atoms with E-state index in [1.165, 1.54) is 20.5 Å². The molecule has 0 amide bonds. The fraction of sp³-hybridized carbons (Fsp3) is 0.250. The van der Waals surface area contributed by atoms with Crippen LogP contribution in [0.4, 0.5) is 0 Å². The van der Waals surface area contributed by atoms with Gasteiger partial charge in [0, 0.05) is 5.56 Å². The second-order valence-electron chi connectivity index (χ2n) is 4.59. The maximum absolute atomic E-state index is 11.8. The van der Waals surface area contributed by atoms with E-state index in [-0.39, 0.29) is 5.57 Å². The Bertz CT molecular complexity index is 704. The number of benzene rings is 1. The minimum atomic E-state index is -0.497. The fourth-order valence-corrected chi connectivity index (χ4v) is 2.07. The summed E-state index contributed by atoms with van der Waals surface area (Å²) in [5.41, 5.74) is 2.73. The van der Waals surface area contributed by atoms with Gasteiger partial charge in [-0.1, -0.05) is 0 Å². The number of nitrogens with zero attached hydrogens (tertiary/aromatic N) is 1. The summed E-state index contributed by atoms with van der Waals surface area (Å²) in [6, 6.07) is 5.69. The molecule has 0 aliphatic heterocycles. The van der Waals surface area contributed by atoms with Gasteiger partial charge in [-0.2, -0.15) is 0 Å². The highest BCUT2D eigenvalue weighted by Gasteiger charge is 2.17. The van der Waals surface area contributed by atoms with Crippen LogP contribution in [-0.4, -0.2) is 37.3 Å². The number of hydrogen-bond donors (Lipinski definition) is 1. The number of H-pyrrole nitrogens is 1. The van der Waals surface area contributed by atoms with E-state index in [9.17, 15) is 4.79 Å². The molecular weight excluding hydrogens is 284 g/mol. The number of ether oxygens (including phenoxy) is 3. The van der Waals surface area contributed by atoms with Crippen molar-refractivity contribution in [3.05, 3.63) is 41.9 Å². The van der Waals surface area contributed by atoms with Crippen LogP contribution in [0.3, 0.4) is 0 Å². The molecule has 1 heterocycles. The van der Waals surface area contributed by atoms with Crippen molar-refractivity contribution in [2.45, 2.75) is 6.92 Å². The van der Waals surface area contributed by atoms with Crippen molar-refractivity contribution in [1.29, 1.82) is 0 Å². The Morgan fingerprint density at radius 2 is 2.05 bits per heavy atom. The van der Waals surface area contributed by atoms with Crippen molar-refractivity contribution < 1.29 is 19.0 Å². The molecule has 2 aromatic rings. The number of aromatic amines is 1. The summed E-state index contributed by atoms with van der Waals surface area (Å²) in [5, 5.41) is 0. The molecule has 2 rings (SSSR count). The first-order valence-corrected chi connectivity index (χ1v) is 6.62. The van der Waals surface area contributed by atoms with E-state index in [1.54, 1.807) is 13.3 Å². The van der Waals surface area contributed by atoms with Gasteiger partial charge in [0.2, 0.25) is 0 Å². The average molecular weight is 302 g/mol. The minimum absolute atomic E-state index is 0.273. The van der Waals surface area contributed by atoms with Crippen LogP contribution < -0.4 is 4.74 Å². The predicted molar refractivity (Wildman–Crippen MR) is 82.3 cm³/mol. The molecule has 1 aromatic carbocycles. The standard InChI is InChI=1S/C16H18N2O4/c1-10-7-11(21-3)5-6-12(10)15-17-8-14(18-15)13(9-20-2)16(19)22-4/h5-9H,1-4H3,(H,17,18). The highest BCUT2D eigenvalue weighted by Crippen LogP contribution is 2.26. The summed E-state index contributed by atoms with van der Waals surface area (Å²) in [7, 11) is 4.40. The Hall–Kier alpha value is -2.76. The van der Waals surface area contributed by atoms with Crippen LogP contribution in [0.5, 0.6) is 5.75 Å². The topological polar surface area (TPSA) is 73.4 Å². The van der Waals surface area contributed by atoms with Gasteiger partial charge in [0.15, 0.2) is 0 Å². The van der Waals surface area contributed by atoms with Crippen molar-refractivity contribution in [2.24, 2.45) is 0 Å². The van der Waals surface area contributed by atoms with E-state index in [0.717, 1.165) is 16.9 Å². The lowest BCUT2D eigenvalue weighted by molar-refractivity contribution is -0.133. The molecule has 1 aromatic heterocycles. The third-order valence-corrected chi connectivity index (χ3v) is 3.20. The molecule has 0 saturated carbocycles. The number of esters is 1. The Balaban J connectivity index is 2.39. The normalized spacial score (nSPS) is 11.2. The molecule has 1 N–H and O–H groups in total. The van der Waals surface area contributed by atoms with Gasteiger partial charge in [0.1, 0.15) is 17.1 Å². The number of rotatable bonds is 5. The van der Waals surface area contributed by atoms with Gasteiger partial charge >= 0.3 is 5.97 Å². The van der Waals surface area contributed by atoms with Gasteiger partial charge in [0.05, 0.1) is 39.5 Å². The first-order chi connectivity index (χ1) is 10.6. The molecule has 0 fully saturated rings. The third-order valence-electron chi connectivity index (χ3n) is 3.20. The van der Waals surface area contributed by atoms with E-state index in [2.05, 4.69) is 9.97 Å². The van der Waals surface area contributed by atoms with Crippen LogP contribution in [0.15, 0.2) is 30.7 Å². The number of aryl methyl sites for hydroxylation is 1. The zero-order chi connectivity index (χ0) is 16.1. The Morgan fingerprint density at radius 3 is 2.64 bits per heavy atom. The molecule has 0 spiro atoms. The monoisotopic (exact) mass is 302 g/mol. The highest BCUT2D eigenvalue weighted by molar-refractivity contribution is 6.15. The second kappa shape index (κ2) is 6.80. The van der Waals surface area contributed by atoms with E-state index in [4.69, 9.17) is 14.2 Å². The number of carbonyl (C=O) groups is 1. The average Bonchev–Trinajstić information content (AvgIpc) is 3.00. The Kier molecular flexibility index (Phi) is 4.83. The Morgan fingerprint density at radius 1 is 1.27 bits per heavy atom. The smallest absolute Gasteiger partial charge is 0.343 e. The molecule has 0 saturated heterocycles. The van der Waals surface area contributed by atoms with E-state index < -0.39 is 5.97 Å². The maximum Gasteiger partial charge on any atom is 0.343 e. The number of methoxy groups -OCH3 is 3. The molecule has 0 radical (unpaired) electrons. The zero-order valence-corrected chi connectivity index (χ0v) is 13.0. The Labute approximate surface area is 128 Å². The highest BCUT2D eigenvalue weighted by atomic mass is 16.5. The summed E-state index contributed by atoms with van der Waals surface area (Å²) in [4.78, 5) is 19.2. The summed E-state index contributed by atoms with van der Waals surface area (Å²) >= 11 is 0. The van der Waals surface area contributed by atoms with Gasteiger partial charge in [-0.3, -0.25) is 0 Å². The summed E-state index contributed by atoms with van der Waals surface area (Å²) in [6.45, 7) is 1.96. The first kappa shape index (κ1) is 15.6. The summed E-state index contributed by atoms with van der Waals surface area (Å²) < 4.78 is 14.8. The summed E-state index contributed by atoms with van der Waals surface area (Å²) in [6.07, 6.45) is 2.89. The SMILES string of the molecule is COC=C(C(=O)OC)c1cnc(-c2ccc(OC)cc2C)[nH]1. The number of hydrogen-bond acceptors (Lipinski definition) is 5. The molecule has 0 aliphatic rings. The van der Waals surface area contributed by atoms with Crippen LogP contribution in [0, 0.1) is 6.92 Å². The lowest BCUT2D eigenvalue weighted by Gasteiger charge is -2.06. The van der Waals surface area contributed by atoms with Crippen molar-refractivity contribution in [2.75, 3.05) is 21.3 Å². The lowest BCUT2D eigenvalue weighted by Crippen LogP contribution is -2.04. The molecule has 6 nitrogen and oxygen atoms in total. The van der Waals surface area contributed by atoms with Gasteiger partial charge < -0.3 is 19.2 Å². The van der Waals surface area contributed by atoms with Gasteiger partial charge in [-0.15, -0.1) is 0 Å². The van der Waals surface area contributed by atoms with E-state index >= 15 is 0 Å². The van der Waals surface area contributed by atoms with Crippen molar-refractivity contribution >= 4 is 11.5 Å². The number of nitrogens with one attached hydrogen (secondary N) is 1. The molecule has 0 aliphatic carbocycles. The molecule has 22 heavy (non-hydrogen) atoms. The molecule has 0 unspecified atom stereocenters. The van der Waals surface area contributed by atoms with Crippen LogP contribution >= 0.6 is 0 Å². The number of imidazole rings is 1. The molecule has 0 bridgehead atoms. The van der Waals surface area contributed by atoms with E-state index in [0.29, 0.717) is 11.5 Å². The predicted octanol–water partition coefficient (Wildman–Crippen LogP) is 2.55. The van der Waals surface area contributed by atoms with Gasteiger partial charge in [-0.05, 0) is 30.7 Å². The zero-order valence-electron chi connectivity index (χ0n) is 13.0. The number of aromatic nitrogens is 2. The van der Waals surface area contributed by atoms with Crippen molar-refractivity contribution in [1.82, 2.24) is 9.97 Å². The van der Waals surface area contributed by atoms with E-state index in [1.807, 2.05) is 25.1 Å². The van der Waals surface area contributed by atoms with Gasteiger partial charge in [-0.25, -0.2) is 9.78 Å². The molecule has 0 atom stereocenters. The quantitative estimate of drug-likeness (QED) is 0.522. The minimum Gasteiger partial charge on any atom is -0.503 e. The molecule has 6 heteroatoms. The largest absolute Gasteiger partial charge is 0.503 e. The number of carbonyl (C=O) groups excluding carboxylic acids is 1.